The maximum atomic E-state index is 12.3. The van der Waals surface area contributed by atoms with E-state index in [-0.39, 0.29) is 33.5 Å². The zero-order valence-electron chi connectivity index (χ0n) is 16.3. The molecule has 0 aromatic carbocycles. The molecule has 0 aliphatic rings. The summed E-state index contributed by atoms with van der Waals surface area (Å²) >= 11 is 12.3. The van der Waals surface area contributed by atoms with Crippen molar-refractivity contribution < 1.29 is 31.4 Å². The monoisotopic (exact) mass is 565 g/mol. The second-order valence-corrected chi connectivity index (χ2v) is 8.88. The summed E-state index contributed by atoms with van der Waals surface area (Å²) in [4.78, 5) is 6.54. The van der Waals surface area contributed by atoms with Gasteiger partial charge in [-0.25, -0.2) is 19.3 Å². The van der Waals surface area contributed by atoms with Crippen LogP contribution in [0.25, 0.3) is 10.0 Å². The van der Waals surface area contributed by atoms with Crippen molar-refractivity contribution in [2.75, 3.05) is 0 Å². The number of aromatic nitrogens is 6. The van der Waals surface area contributed by atoms with Crippen LogP contribution in [0, 0.1) is 0 Å². The number of aliphatic hydroxyl groups is 1. The minimum atomic E-state index is -4.47. The van der Waals surface area contributed by atoms with Crippen molar-refractivity contribution in [3.63, 3.8) is 0 Å². The predicted molar refractivity (Wildman–Crippen MR) is 112 cm³/mol. The standard InChI is InChI=1S/C8H6ClF3N4S.C8H5ClF3N3OS/c9-6-4(1-13)3-16(15-6)5-2-14-7(17-5)8(10,11)12;9-6-4(3-16)2-15(14-6)5-1-13-7(17-5)8(10,11)12/h2-3H,1,13H2;1-2,16H,3H2. The second kappa shape index (κ2) is 10.2. The van der Waals surface area contributed by atoms with E-state index in [1.54, 1.807) is 0 Å². The number of rotatable bonds is 4. The van der Waals surface area contributed by atoms with Crippen molar-refractivity contribution in [2.24, 2.45) is 5.73 Å². The van der Waals surface area contributed by atoms with Gasteiger partial charge in [-0.3, -0.25) is 0 Å². The highest BCUT2D eigenvalue weighted by Gasteiger charge is 2.35. The van der Waals surface area contributed by atoms with Crippen LogP contribution >= 0.6 is 45.9 Å². The molecule has 0 aliphatic heterocycles. The van der Waals surface area contributed by atoms with Crippen molar-refractivity contribution in [3.8, 4) is 10.0 Å². The molecule has 184 valence electrons. The minimum Gasteiger partial charge on any atom is -0.392 e. The number of aliphatic hydroxyl groups excluding tert-OH is 1. The third-order valence-corrected chi connectivity index (χ3v) is 6.49. The van der Waals surface area contributed by atoms with Gasteiger partial charge < -0.3 is 10.8 Å². The number of hydrogen-bond donors (Lipinski definition) is 2. The molecule has 4 aromatic heterocycles. The summed E-state index contributed by atoms with van der Waals surface area (Å²) in [5.74, 6) is 0. The topological polar surface area (TPSA) is 108 Å². The Morgan fingerprint density at radius 3 is 1.53 bits per heavy atom. The third-order valence-electron chi connectivity index (χ3n) is 3.79. The Morgan fingerprint density at radius 1 is 0.824 bits per heavy atom. The lowest BCUT2D eigenvalue weighted by molar-refractivity contribution is -0.138. The van der Waals surface area contributed by atoms with E-state index in [0.717, 1.165) is 17.1 Å². The van der Waals surface area contributed by atoms with Crippen molar-refractivity contribution in [1.82, 2.24) is 29.5 Å². The Kier molecular flexibility index (Phi) is 7.89. The molecule has 0 saturated heterocycles. The normalized spacial score (nSPS) is 12.1. The zero-order valence-corrected chi connectivity index (χ0v) is 19.4. The van der Waals surface area contributed by atoms with Crippen LogP contribution in [0.5, 0.6) is 0 Å². The predicted octanol–water partition coefficient (Wildman–Crippen LogP) is 4.95. The quantitative estimate of drug-likeness (QED) is 0.339. The van der Waals surface area contributed by atoms with Crippen LogP contribution < -0.4 is 5.73 Å². The summed E-state index contributed by atoms with van der Waals surface area (Å²) in [7, 11) is 0. The average molecular weight is 566 g/mol. The fourth-order valence-electron chi connectivity index (χ4n) is 2.25. The molecule has 0 fully saturated rings. The molecule has 0 radical (unpaired) electrons. The molecule has 0 bridgehead atoms. The van der Waals surface area contributed by atoms with Gasteiger partial charge in [-0.15, -0.1) is 0 Å². The maximum Gasteiger partial charge on any atom is 0.443 e. The first kappa shape index (κ1) is 26.4. The van der Waals surface area contributed by atoms with Crippen molar-refractivity contribution >= 4 is 45.9 Å². The minimum absolute atomic E-state index is 0.0504. The highest BCUT2D eigenvalue weighted by atomic mass is 35.5. The summed E-state index contributed by atoms with van der Waals surface area (Å²) < 4.78 is 76.4. The molecule has 3 N–H and O–H groups in total. The number of halogens is 8. The van der Waals surface area contributed by atoms with Crippen molar-refractivity contribution in [2.45, 2.75) is 25.5 Å². The average Bonchev–Trinajstić information content (AvgIpc) is 3.52. The van der Waals surface area contributed by atoms with Gasteiger partial charge in [0.25, 0.3) is 0 Å². The van der Waals surface area contributed by atoms with E-state index in [2.05, 4.69) is 20.2 Å². The SMILES string of the molecule is NCc1cn(-c2cnc(C(F)(F)F)s2)nc1Cl.OCc1cn(-c2cnc(C(F)(F)F)s2)nc1Cl. The van der Waals surface area contributed by atoms with Gasteiger partial charge in [0, 0.05) is 30.1 Å². The Hall–Kier alpha value is -2.24. The van der Waals surface area contributed by atoms with Crippen LogP contribution in [0.3, 0.4) is 0 Å². The molecular weight excluding hydrogens is 555 g/mol. The van der Waals surface area contributed by atoms with E-state index in [1.807, 2.05) is 0 Å². The number of nitrogens with two attached hydrogens (primary N) is 1. The van der Waals surface area contributed by atoms with Gasteiger partial charge >= 0.3 is 12.4 Å². The molecule has 8 nitrogen and oxygen atoms in total. The van der Waals surface area contributed by atoms with E-state index >= 15 is 0 Å². The smallest absolute Gasteiger partial charge is 0.392 e. The largest absolute Gasteiger partial charge is 0.443 e. The molecule has 0 unspecified atom stereocenters. The lowest BCUT2D eigenvalue weighted by Gasteiger charge is -1.98. The van der Waals surface area contributed by atoms with Crippen molar-refractivity contribution in [3.05, 3.63) is 56.2 Å². The van der Waals surface area contributed by atoms with Gasteiger partial charge in [0.2, 0.25) is 0 Å². The summed E-state index contributed by atoms with van der Waals surface area (Å²) in [6.07, 6.45) is -3.93. The van der Waals surface area contributed by atoms with Gasteiger partial charge in [0.05, 0.1) is 19.0 Å². The molecule has 4 aromatic rings. The van der Waals surface area contributed by atoms with Crippen LogP contribution in [-0.2, 0) is 25.5 Å². The van der Waals surface area contributed by atoms with Gasteiger partial charge in [0.1, 0.15) is 10.0 Å². The number of alkyl halides is 6. The summed E-state index contributed by atoms with van der Waals surface area (Å²) in [6, 6.07) is 0. The van der Waals surface area contributed by atoms with E-state index in [1.165, 1.54) is 17.1 Å². The summed E-state index contributed by atoms with van der Waals surface area (Å²) in [6.45, 7) is -0.159. The molecule has 0 saturated carbocycles. The first-order valence-electron chi connectivity index (χ1n) is 8.69. The number of hydrogen-bond acceptors (Lipinski definition) is 8. The Labute approximate surface area is 204 Å². The van der Waals surface area contributed by atoms with E-state index in [4.69, 9.17) is 34.0 Å². The van der Waals surface area contributed by atoms with E-state index in [0.29, 0.717) is 33.8 Å². The van der Waals surface area contributed by atoms with Crippen LogP contribution in [0.15, 0.2) is 24.8 Å². The number of thiazole rings is 2. The van der Waals surface area contributed by atoms with Crippen LogP contribution in [0.4, 0.5) is 26.3 Å². The van der Waals surface area contributed by atoms with Crippen LogP contribution in [-0.4, -0.2) is 34.6 Å². The highest BCUT2D eigenvalue weighted by molar-refractivity contribution is 7.14. The zero-order chi connectivity index (χ0) is 25.3. The van der Waals surface area contributed by atoms with E-state index in [9.17, 15) is 26.3 Å². The van der Waals surface area contributed by atoms with Gasteiger partial charge in [-0.05, 0) is 0 Å². The molecule has 0 amide bonds. The Balaban J connectivity index is 0.000000191. The molecule has 18 heteroatoms. The fourth-order valence-corrected chi connectivity index (χ4v) is 4.07. The lowest BCUT2D eigenvalue weighted by atomic mass is 10.4. The van der Waals surface area contributed by atoms with E-state index < -0.39 is 22.4 Å². The van der Waals surface area contributed by atoms with Crippen LogP contribution in [0.2, 0.25) is 10.3 Å². The van der Waals surface area contributed by atoms with Crippen LogP contribution in [0.1, 0.15) is 21.1 Å². The first-order chi connectivity index (χ1) is 15.8. The third kappa shape index (κ3) is 6.05. The Morgan fingerprint density at radius 2 is 1.24 bits per heavy atom. The number of nitrogens with zero attached hydrogens (tertiary/aromatic N) is 6. The van der Waals surface area contributed by atoms with Crippen molar-refractivity contribution in [1.29, 1.82) is 0 Å². The fraction of sp³-hybridized carbons (Fsp3) is 0.250. The van der Waals surface area contributed by atoms with Gasteiger partial charge in [-0.2, -0.15) is 36.5 Å². The Bertz CT molecular complexity index is 1170. The molecule has 4 rings (SSSR count). The molecule has 0 spiro atoms. The first-order valence-corrected chi connectivity index (χ1v) is 11.1. The maximum absolute atomic E-state index is 12.3. The second-order valence-electron chi connectivity index (χ2n) is 6.14. The molecule has 34 heavy (non-hydrogen) atoms. The van der Waals surface area contributed by atoms with Gasteiger partial charge in [0.15, 0.2) is 20.3 Å². The molecule has 4 heterocycles. The summed E-state index contributed by atoms with van der Waals surface area (Å²) in [5.41, 5.74) is 6.29. The highest BCUT2D eigenvalue weighted by Crippen LogP contribution is 2.35. The molecule has 0 atom stereocenters. The summed E-state index contributed by atoms with van der Waals surface area (Å²) in [5, 5.41) is 15.3. The lowest BCUT2D eigenvalue weighted by Crippen LogP contribution is -2.02. The molecular formula is C16H11Cl2F6N7OS2. The van der Waals surface area contributed by atoms with Gasteiger partial charge in [-0.1, -0.05) is 45.9 Å². The molecule has 0 aliphatic carbocycles.